The first kappa shape index (κ1) is 22.6. The molecule has 5 nitrogen and oxygen atoms in total. The highest BCUT2D eigenvalue weighted by Gasteiger charge is 2.34. The van der Waals surface area contributed by atoms with E-state index in [1.807, 2.05) is 30.3 Å². The topological polar surface area (TPSA) is 49.9 Å². The molecule has 0 bridgehead atoms. The maximum Gasteiger partial charge on any atom is 0.264 e. The molecule has 0 aromatic heterocycles. The maximum atomic E-state index is 13.7. The third-order valence-corrected chi connectivity index (χ3v) is 7.98. The fourth-order valence-electron chi connectivity index (χ4n) is 4.15. The predicted molar refractivity (Wildman–Crippen MR) is 129 cm³/mol. The van der Waals surface area contributed by atoms with E-state index in [4.69, 9.17) is 16.3 Å². The van der Waals surface area contributed by atoms with E-state index in [1.54, 1.807) is 47.8 Å². The van der Waals surface area contributed by atoms with Crippen molar-refractivity contribution < 1.29 is 13.2 Å². The van der Waals surface area contributed by atoms with Gasteiger partial charge in [-0.25, -0.2) is 8.42 Å². The molecule has 0 radical (unpaired) electrons. The van der Waals surface area contributed by atoms with Gasteiger partial charge in [0.25, 0.3) is 10.0 Å². The van der Waals surface area contributed by atoms with Crippen LogP contribution < -0.4 is 9.04 Å². The predicted octanol–water partition coefficient (Wildman–Crippen LogP) is 5.21. The molecule has 0 N–H and O–H groups in total. The first-order chi connectivity index (χ1) is 15.5. The highest BCUT2D eigenvalue weighted by Crippen LogP contribution is 2.32. The molecule has 0 amide bonds. The highest BCUT2D eigenvalue weighted by atomic mass is 35.5. The van der Waals surface area contributed by atoms with Crippen LogP contribution in [0.4, 0.5) is 5.69 Å². The Balaban J connectivity index is 1.59. The molecular formula is C25H27ClN2O3S. The normalized spacial score (nSPS) is 15.4. The molecule has 168 valence electrons. The largest absolute Gasteiger partial charge is 0.497 e. The summed E-state index contributed by atoms with van der Waals surface area (Å²) in [7, 11) is -2.15. The van der Waals surface area contributed by atoms with E-state index in [0.29, 0.717) is 16.5 Å². The number of nitrogens with zero attached hydrogens (tertiary/aromatic N) is 2. The van der Waals surface area contributed by atoms with Gasteiger partial charge in [-0.05, 0) is 66.9 Å². The summed E-state index contributed by atoms with van der Waals surface area (Å²) < 4.78 is 34.3. The Hall–Kier alpha value is -2.54. The molecule has 1 heterocycles. The Morgan fingerprint density at radius 2 is 1.56 bits per heavy atom. The lowest BCUT2D eigenvalue weighted by atomic mass is 10.0. The molecule has 0 spiro atoms. The average Bonchev–Trinajstić information content (AvgIpc) is 2.82. The zero-order chi connectivity index (χ0) is 22.6. The molecule has 1 aliphatic heterocycles. The van der Waals surface area contributed by atoms with Crippen LogP contribution in [0.2, 0.25) is 5.02 Å². The van der Waals surface area contributed by atoms with E-state index < -0.39 is 10.0 Å². The maximum absolute atomic E-state index is 13.7. The van der Waals surface area contributed by atoms with Crippen LogP contribution in [-0.4, -0.2) is 39.6 Å². The summed E-state index contributed by atoms with van der Waals surface area (Å²) in [5, 5.41) is 0.508. The molecule has 0 unspecified atom stereocenters. The summed E-state index contributed by atoms with van der Waals surface area (Å²) in [5.74, 6) is 0.690. The third-order valence-electron chi connectivity index (χ3n) is 5.84. The number of benzene rings is 3. The van der Waals surface area contributed by atoms with Crippen molar-refractivity contribution in [3.05, 3.63) is 89.4 Å². The van der Waals surface area contributed by atoms with E-state index in [-0.39, 0.29) is 10.9 Å². The van der Waals surface area contributed by atoms with Crippen molar-refractivity contribution in [2.75, 3.05) is 24.5 Å². The number of piperidine rings is 1. The summed E-state index contributed by atoms with van der Waals surface area (Å²) >= 11 is 6.00. The fourth-order valence-corrected chi connectivity index (χ4v) is 5.98. The van der Waals surface area contributed by atoms with Crippen molar-refractivity contribution in [1.29, 1.82) is 0 Å². The first-order valence-electron chi connectivity index (χ1n) is 10.7. The molecule has 32 heavy (non-hydrogen) atoms. The number of ether oxygens (including phenoxy) is 1. The van der Waals surface area contributed by atoms with Gasteiger partial charge < -0.3 is 4.74 Å². The van der Waals surface area contributed by atoms with Crippen LogP contribution in [-0.2, 0) is 16.6 Å². The lowest BCUT2D eigenvalue weighted by Crippen LogP contribution is -2.47. The Morgan fingerprint density at radius 3 is 2.16 bits per heavy atom. The van der Waals surface area contributed by atoms with Gasteiger partial charge in [-0.3, -0.25) is 9.21 Å². The van der Waals surface area contributed by atoms with Crippen molar-refractivity contribution in [3.8, 4) is 5.75 Å². The Labute approximate surface area is 195 Å². The van der Waals surface area contributed by atoms with Gasteiger partial charge in [0.2, 0.25) is 0 Å². The third kappa shape index (κ3) is 5.09. The minimum absolute atomic E-state index is 0.129. The monoisotopic (exact) mass is 470 g/mol. The summed E-state index contributed by atoms with van der Waals surface area (Å²) in [6.07, 6.45) is 1.51. The van der Waals surface area contributed by atoms with Gasteiger partial charge in [0.05, 0.1) is 17.7 Å². The summed E-state index contributed by atoms with van der Waals surface area (Å²) in [6.45, 7) is 2.55. The van der Waals surface area contributed by atoms with E-state index in [9.17, 15) is 8.42 Å². The van der Waals surface area contributed by atoms with E-state index in [2.05, 4.69) is 17.0 Å². The smallest absolute Gasteiger partial charge is 0.264 e. The number of likely N-dealkylation sites (tertiary alicyclic amines) is 1. The summed E-state index contributed by atoms with van der Waals surface area (Å²) in [5.41, 5.74) is 1.91. The number of rotatable bonds is 7. The minimum Gasteiger partial charge on any atom is -0.497 e. The lowest BCUT2D eigenvalue weighted by Gasteiger charge is -2.39. The van der Waals surface area contributed by atoms with Crippen LogP contribution in [0.1, 0.15) is 18.4 Å². The zero-order valence-electron chi connectivity index (χ0n) is 18.0. The van der Waals surface area contributed by atoms with Crippen LogP contribution in [0.15, 0.2) is 83.8 Å². The van der Waals surface area contributed by atoms with E-state index in [1.165, 1.54) is 5.56 Å². The molecule has 0 saturated carbocycles. The fraction of sp³-hybridized carbons (Fsp3) is 0.280. The number of halogens is 1. The van der Waals surface area contributed by atoms with Crippen LogP contribution in [0.5, 0.6) is 5.75 Å². The highest BCUT2D eigenvalue weighted by molar-refractivity contribution is 7.92. The van der Waals surface area contributed by atoms with Gasteiger partial charge in [0.1, 0.15) is 5.75 Å². The number of anilines is 1. The van der Waals surface area contributed by atoms with Crippen molar-refractivity contribution >= 4 is 27.3 Å². The van der Waals surface area contributed by atoms with Crippen molar-refractivity contribution in [3.63, 3.8) is 0 Å². The number of hydrogen-bond acceptors (Lipinski definition) is 4. The SMILES string of the molecule is COc1ccc(N(C2CCN(Cc3ccccc3)CC2)S(=O)(=O)c2ccc(Cl)cc2)cc1. The second-order valence-electron chi connectivity index (χ2n) is 7.95. The van der Waals surface area contributed by atoms with Gasteiger partial charge >= 0.3 is 0 Å². The summed E-state index contributed by atoms with van der Waals surface area (Å²) in [6, 6.07) is 23.8. The molecular weight excluding hydrogens is 444 g/mol. The molecule has 1 saturated heterocycles. The van der Waals surface area contributed by atoms with Gasteiger partial charge in [-0.2, -0.15) is 0 Å². The quantitative estimate of drug-likeness (QED) is 0.475. The average molecular weight is 471 g/mol. The van der Waals surface area contributed by atoms with Crippen molar-refractivity contribution in [2.45, 2.75) is 30.3 Å². The van der Waals surface area contributed by atoms with Crippen LogP contribution >= 0.6 is 11.6 Å². The number of hydrogen-bond donors (Lipinski definition) is 0. The van der Waals surface area contributed by atoms with Crippen LogP contribution in [0.3, 0.4) is 0 Å². The Kier molecular flexibility index (Phi) is 7.04. The van der Waals surface area contributed by atoms with Crippen molar-refractivity contribution in [2.24, 2.45) is 0 Å². The molecule has 3 aromatic carbocycles. The first-order valence-corrected chi connectivity index (χ1v) is 12.5. The van der Waals surface area contributed by atoms with Crippen LogP contribution in [0.25, 0.3) is 0 Å². The van der Waals surface area contributed by atoms with Gasteiger partial charge in [-0.15, -0.1) is 0 Å². The molecule has 0 aliphatic carbocycles. The molecule has 3 aromatic rings. The second kappa shape index (κ2) is 9.94. The number of methoxy groups -OCH3 is 1. The van der Waals surface area contributed by atoms with Crippen LogP contribution in [0, 0.1) is 0 Å². The Morgan fingerprint density at radius 1 is 0.938 bits per heavy atom. The zero-order valence-corrected chi connectivity index (χ0v) is 19.6. The molecule has 1 aliphatic rings. The minimum atomic E-state index is -3.75. The second-order valence-corrected chi connectivity index (χ2v) is 10.2. The van der Waals surface area contributed by atoms with E-state index >= 15 is 0 Å². The lowest BCUT2D eigenvalue weighted by molar-refractivity contribution is 0.206. The van der Waals surface area contributed by atoms with Gasteiger partial charge in [0, 0.05) is 30.7 Å². The summed E-state index contributed by atoms with van der Waals surface area (Å²) in [4.78, 5) is 2.62. The molecule has 4 rings (SSSR count). The molecule has 1 fully saturated rings. The molecule has 0 atom stereocenters. The number of sulfonamides is 1. The van der Waals surface area contributed by atoms with Gasteiger partial charge in [0.15, 0.2) is 0 Å². The molecule has 7 heteroatoms. The van der Waals surface area contributed by atoms with Gasteiger partial charge in [-0.1, -0.05) is 41.9 Å². The van der Waals surface area contributed by atoms with Crippen molar-refractivity contribution in [1.82, 2.24) is 4.90 Å². The standard InChI is InChI=1S/C25H27ClN2O3S/c1-31-24-11-9-22(10-12-24)28(32(29,30)25-13-7-21(26)8-14-25)23-15-17-27(18-16-23)19-20-5-3-2-4-6-20/h2-14,23H,15-19H2,1H3. The van der Waals surface area contributed by atoms with E-state index in [0.717, 1.165) is 32.5 Å². The Bertz CT molecular complexity index is 1110.